The Labute approximate surface area is 144 Å². The molecule has 2 amide bonds. The molecule has 0 saturated carbocycles. The van der Waals surface area contributed by atoms with Gasteiger partial charge in [0.2, 0.25) is 11.8 Å². The summed E-state index contributed by atoms with van der Waals surface area (Å²) in [6, 6.07) is 14.9. The van der Waals surface area contributed by atoms with Crippen LogP contribution in [-0.2, 0) is 16.1 Å². The van der Waals surface area contributed by atoms with E-state index in [0.717, 1.165) is 16.1 Å². The quantitative estimate of drug-likeness (QED) is 0.839. The maximum atomic E-state index is 12.7. The monoisotopic (exact) mass is 342 g/mol. The fourth-order valence-electron chi connectivity index (χ4n) is 2.51. The van der Waals surface area contributed by atoms with Gasteiger partial charge in [-0.3, -0.25) is 9.59 Å². The van der Waals surface area contributed by atoms with Crippen LogP contribution in [0.1, 0.15) is 12.5 Å². The Morgan fingerprint density at radius 3 is 2.71 bits per heavy atom. The van der Waals surface area contributed by atoms with Crippen LogP contribution in [0.15, 0.2) is 53.4 Å². The Balaban J connectivity index is 1.76. The van der Waals surface area contributed by atoms with Crippen molar-refractivity contribution in [1.82, 2.24) is 5.32 Å². The lowest BCUT2D eigenvalue weighted by atomic mass is 10.1. The molecule has 5 nitrogen and oxygen atoms in total. The van der Waals surface area contributed by atoms with Crippen LogP contribution in [0.25, 0.3) is 0 Å². The van der Waals surface area contributed by atoms with E-state index in [0.29, 0.717) is 12.3 Å². The van der Waals surface area contributed by atoms with Crippen molar-refractivity contribution < 1.29 is 14.3 Å². The molecular formula is C18H18N2O3S. The molecule has 1 aliphatic heterocycles. The van der Waals surface area contributed by atoms with E-state index in [-0.39, 0.29) is 11.8 Å². The van der Waals surface area contributed by atoms with Crippen molar-refractivity contribution in [2.45, 2.75) is 23.1 Å². The number of benzene rings is 2. The van der Waals surface area contributed by atoms with Gasteiger partial charge in [-0.05, 0) is 25.1 Å². The standard InChI is InChI=1S/C18H18N2O3S/c1-18(17(22)20-13-8-4-6-10-15(13)24-18)16(21)19-11-12-7-3-5-9-14(12)23-2/h3-10H,11H2,1-2H3,(H,19,21)(H,20,22). The van der Waals surface area contributed by atoms with Gasteiger partial charge in [-0.15, -0.1) is 0 Å². The summed E-state index contributed by atoms with van der Waals surface area (Å²) >= 11 is 1.27. The number of carbonyl (C=O) groups excluding carboxylic acids is 2. The van der Waals surface area contributed by atoms with Gasteiger partial charge in [0.05, 0.1) is 12.8 Å². The molecule has 0 bridgehead atoms. The van der Waals surface area contributed by atoms with Gasteiger partial charge in [-0.25, -0.2) is 0 Å². The van der Waals surface area contributed by atoms with Gasteiger partial charge in [0.25, 0.3) is 0 Å². The number of nitrogens with one attached hydrogen (secondary N) is 2. The SMILES string of the molecule is COc1ccccc1CNC(=O)C1(C)Sc2ccccc2NC1=O. The number of fused-ring (bicyclic) bond motifs is 1. The van der Waals surface area contributed by atoms with Crippen LogP contribution >= 0.6 is 11.8 Å². The molecule has 1 aliphatic rings. The number of anilines is 1. The number of hydrogen-bond acceptors (Lipinski definition) is 4. The first-order valence-electron chi connectivity index (χ1n) is 7.54. The summed E-state index contributed by atoms with van der Waals surface area (Å²) in [5.74, 6) is 0.0585. The molecule has 3 rings (SSSR count). The third-order valence-corrected chi connectivity index (χ3v) is 5.30. The van der Waals surface area contributed by atoms with Gasteiger partial charge in [0.1, 0.15) is 5.75 Å². The molecule has 6 heteroatoms. The molecule has 24 heavy (non-hydrogen) atoms. The summed E-state index contributed by atoms with van der Waals surface area (Å²) in [7, 11) is 1.59. The molecule has 1 heterocycles. The van der Waals surface area contributed by atoms with Crippen molar-refractivity contribution in [3.8, 4) is 5.75 Å². The molecule has 2 aromatic rings. The first-order valence-corrected chi connectivity index (χ1v) is 8.36. The van der Waals surface area contributed by atoms with Crippen LogP contribution in [0, 0.1) is 0 Å². The van der Waals surface area contributed by atoms with Crippen molar-refractivity contribution in [3.63, 3.8) is 0 Å². The van der Waals surface area contributed by atoms with Crippen molar-refractivity contribution in [1.29, 1.82) is 0 Å². The molecule has 0 aromatic heterocycles. The number of thioether (sulfide) groups is 1. The zero-order valence-corrected chi connectivity index (χ0v) is 14.3. The lowest BCUT2D eigenvalue weighted by Gasteiger charge is -2.31. The molecule has 2 aromatic carbocycles. The van der Waals surface area contributed by atoms with E-state index in [9.17, 15) is 9.59 Å². The topological polar surface area (TPSA) is 67.4 Å². The molecule has 0 saturated heterocycles. The summed E-state index contributed by atoms with van der Waals surface area (Å²) in [5, 5.41) is 5.65. The van der Waals surface area contributed by atoms with Crippen molar-refractivity contribution in [2.75, 3.05) is 12.4 Å². The minimum absolute atomic E-state index is 0.300. The highest BCUT2D eigenvalue weighted by Gasteiger charge is 2.45. The van der Waals surface area contributed by atoms with Crippen LogP contribution in [0.2, 0.25) is 0 Å². The number of ether oxygens (including phenoxy) is 1. The molecular weight excluding hydrogens is 324 g/mol. The van der Waals surface area contributed by atoms with Crippen LogP contribution in [0.4, 0.5) is 5.69 Å². The third kappa shape index (κ3) is 2.97. The summed E-state index contributed by atoms with van der Waals surface area (Å²) in [6.07, 6.45) is 0. The molecule has 2 N–H and O–H groups in total. The molecule has 0 radical (unpaired) electrons. The van der Waals surface area contributed by atoms with Crippen LogP contribution in [0.3, 0.4) is 0 Å². The van der Waals surface area contributed by atoms with Crippen LogP contribution in [0.5, 0.6) is 5.75 Å². The van der Waals surface area contributed by atoms with Gasteiger partial charge in [0.15, 0.2) is 4.75 Å². The smallest absolute Gasteiger partial charge is 0.250 e. The Hall–Kier alpha value is -2.47. The van der Waals surface area contributed by atoms with E-state index < -0.39 is 4.75 Å². The van der Waals surface area contributed by atoms with E-state index in [2.05, 4.69) is 10.6 Å². The Morgan fingerprint density at radius 2 is 1.92 bits per heavy atom. The van der Waals surface area contributed by atoms with Gasteiger partial charge in [-0.1, -0.05) is 42.1 Å². The van der Waals surface area contributed by atoms with Gasteiger partial charge < -0.3 is 15.4 Å². The second kappa shape index (κ2) is 6.57. The summed E-state index contributed by atoms with van der Waals surface area (Å²) in [6.45, 7) is 1.94. The van der Waals surface area contributed by atoms with Gasteiger partial charge >= 0.3 is 0 Å². The first kappa shape index (κ1) is 16.4. The van der Waals surface area contributed by atoms with Crippen LogP contribution < -0.4 is 15.4 Å². The number of amides is 2. The highest BCUT2D eigenvalue weighted by Crippen LogP contribution is 2.42. The minimum Gasteiger partial charge on any atom is -0.496 e. The average Bonchev–Trinajstić information content (AvgIpc) is 2.60. The van der Waals surface area contributed by atoms with E-state index in [4.69, 9.17) is 4.74 Å². The molecule has 0 aliphatic carbocycles. The molecule has 1 atom stereocenters. The molecule has 0 spiro atoms. The molecule has 124 valence electrons. The predicted octanol–water partition coefficient (Wildman–Crippen LogP) is 2.81. The second-order valence-corrected chi connectivity index (χ2v) is 7.04. The largest absolute Gasteiger partial charge is 0.496 e. The van der Waals surface area contributed by atoms with E-state index in [1.165, 1.54) is 11.8 Å². The van der Waals surface area contributed by atoms with Crippen molar-refractivity contribution in [2.24, 2.45) is 0 Å². The van der Waals surface area contributed by atoms with E-state index >= 15 is 0 Å². The van der Waals surface area contributed by atoms with Crippen molar-refractivity contribution in [3.05, 3.63) is 54.1 Å². The van der Waals surface area contributed by atoms with Gasteiger partial charge in [0, 0.05) is 17.0 Å². The molecule has 0 fully saturated rings. The maximum Gasteiger partial charge on any atom is 0.250 e. The minimum atomic E-state index is -1.21. The Bertz CT molecular complexity index is 793. The zero-order chi connectivity index (χ0) is 17.2. The number of rotatable bonds is 4. The van der Waals surface area contributed by atoms with Crippen LogP contribution in [-0.4, -0.2) is 23.7 Å². The summed E-state index contributed by atoms with van der Waals surface area (Å²) < 4.78 is 4.07. The number of hydrogen-bond donors (Lipinski definition) is 2. The summed E-state index contributed by atoms with van der Waals surface area (Å²) in [4.78, 5) is 26.0. The number of methoxy groups -OCH3 is 1. The van der Waals surface area contributed by atoms with E-state index in [1.807, 2.05) is 48.5 Å². The maximum absolute atomic E-state index is 12.7. The van der Waals surface area contributed by atoms with E-state index in [1.54, 1.807) is 14.0 Å². The highest BCUT2D eigenvalue weighted by atomic mass is 32.2. The summed E-state index contributed by atoms with van der Waals surface area (Å²) in [5.41, 5.74) is 1.60. The molecule has 1 unspecified atom stereocenters. The average molecular weight is 342 g/mol. The second-order valence-electron chi connectivity index (χ2n) is 5.58. The third-order valence-electron chi connectivity index (χ3n) is 3.95. The lowest BCUT2D eigenvalue weighted by molar-refractivity contribution is -0.130. The van der Waals surface area contributed by atoms with Crippen molar-refractivity contribution >= 4 is 29.3 Å². The van der Waals surface area contributed by atoms with Gasteiger partial charge in [-0.2, -0.15) is 0 Å². The normalized spacial score (nSPS) is 19.2. The number of carbonyl (C=O) groups is 2. The zero-order valence-electron chi connectivity index (χ0n) is 13.5. The number of para-hydroxylation sites is 2. The lowest BCUT2D eigenvalue weighted by Crippen LogP contribution is -2.51. The Morgan fingerprint density at radius 1 is 1.21 bits per heavy atom. The first-order chi connectivity index (χ1) is 11.5. The Kier molecular flexibility index (Phi) is 4.49. The highest BCUT2D eigenvalue weighted by molar-refractivity contribution is 8.02. The fraction of sp³-hybridized carbons (Fsp3) is 0.222. The predicted molar refractivity (Wildman–Crippen MR) is 94.2 cm³/mol. The fourth-order valence-corrected chi connectivity index (χ4v) is 3.63.